The van der Waals surface area contributed by atoms with Crippen LogP contribution in [0.5, 0.6) is 0 Å². The van der Waals surface area contributed by atoms with E-state index < -0.39 is 0 Å². The number of aromatic nitrogens is 3. The van der Waals surface area contributed by atoms with Crippen molar-refractivity contribution in [1.82, 2.24) is 30.9 Å². The van der Waals surface area contributed by atoms with Gasteiger partial charge in [-0.15, -0.1) is 17.5 Å². The Kier molecular flexibility index (Phi) is 7.61. The molecule has 2 atom stereocenters. The van der Waals surface area contributed by atoms with Crippen molar-refractivity contribution in [1.29, 1.82) is 0 Å². The third-order valence-corrected chi connectivity index (χ3v) is 4.70. The molecule has 0 radical (unpaired) electrons. The quantitative estimate of drug-likeness (QED) is 0.578. The van der Waals surface area contributed by atoms with Gasteiger partial charge in [0.1, 0.15) is 5.69 Å². The highest BCUT2D eigenvalue weighted by Crippen LogP contribution is 2.20. The number of carbonyl (C=O) groups excluding carboxylic acids is 2. The first kappa shape index (κ1) is 21.9. The van der Waals surface area contributed by atoms with Crippen molar-refractivity contribution >= 4 is 41.6 Å². The molecule has 28 heavy (non-hydrogen) atoms. The number of hydrogen-bond donors (Lipinski definition) is 4. The second kappa shape index (κ2) is 9.72. The van der Waals surface area contributed by atoms with Crippen LogP contribution in [0.1, 0.15) is 23.7 Å². The van der Waals surface area contributed by atoms with Crippen LogP contribution in [0.3, 0.4) is 0 Å². The van der Waals surface area contributed by atoms with Crippen molar-refractivity contribution in [2.24, 2.45) is 0 Å². The minimum atomic E-state index is -0.336. The number of benzene rings is 1. The molecule has 11 heteroatoms. The monoisotopic (exact) mass is 427 g/mol. The van der Waals surface area contributed by atoms with Crippen LogP contribution in [0.4, 0.5) is 10.5 Å². The highest BCUT2D eigenvalue weighted by atomic mass is 35.5. The number of urea groups is 1. The maximum atomic E-state index is 12.1. The van der Waals surface area contributed by atoms with Crippen molar-refractivity contribution in [2.75, 3.05) is 18.9 Å². The summed E-state index contributed by atoms with van der Waals surface area (Å²) in [5.41, 5.74) is 2.21. The second-order valence-corrected chi connectivity index (χ2v) is 6.86. The lowest BCUT2D eigenvalue weighted by Crippen LogP contribution is -2.38. The fraction of sp³-hybridized carbons (Fsp3) is 0.412. The molecular weight excluding hydrogens is 405 g/mol. The van der Waals surface area contributed by atoms with Crippen molar-refractivity contribution in [3.63, 3.8) is 0 Å². The standard InChI is InChI=1S/C17H22ClN7O2.ClH/c1-10-5-11(18)3-4-14(10)22-17(27)21-7-12-9-25(24-23-12)13-6-15(20-8-13)16(26)19-2;/h3-5,9,13,15,20H,6-8H2,1-2H3,(H,19,26)(H2,21,22,27);1H/t13-,15-;/m0./s1. The molecule has 9 nitrogen and oxygen atoms in total. The van der Waals surface area contributed by atoms with Crippen LogP contribution in [-0.2, 0) is 11.3 Å². The minimum absolute atomic E-state index is 0. The van der Waals surface area contributed by atoms with E-state index in [1.807, 2.05) is 6.92 Å². The average Bonchev–Trinajstić information content (AvgIpc) is 3.31. The fourth-order valence-electron chi connectivity index (χ4n) is 2.97. The van der Waals surface area contributed by atoms with E-state index in [4.69, 9.17) is 11.6 Å². The molecule has 1 aliphatic rings. The van der Waals surface area contributed by atoms with E-state index in [-0.39, 0.29) is 43.0 Å². The molecule has 2 heterocycles. The number of aryl methyl sites for hydroxylation is 1. The number of nitrogens with one attached hydrogen (secondary N) is 4. The topological polar surface area (TPSA) is 113 Å². The van der Waals surface area contributed by atoms with Crippen LogP contribution < -0.4 is 21.3 Å². The summed E-state index contributed by atoms with van der Waals surface area (Å²) in [5, 5.41) is 20.1. The van der Waals surface area contributed by atoms with Crippen LogP contribution >= 0.6 is 24.0 Å². The molecule has 152 valence electrons. The van der Waals surface area contributed by atoms with Gasteiger partial charge in [-0.1, -0.05) is 16.8 Å². The van der Waals surface area contributed by atoms with Crippen molar-refractivity contribution in [3.8, 4) is 0 Å². The molecule has 1 fully saturated rings. The lowest BCUT2D eigenvalue weighted by atomic mass is 10.1. The molecule has 0 saturated carbocycles. The fourth-order valence-corrected chi connectivity index (χ4v) is 3.20. The number of hydrogen-bond acceptors (Lipinski definition) is 5. The zero-order chi connectivity index (χ0) is 19.4. The van der Waals surface area contributed by atoms with Gasteiger partial charge in [0, 0.05) is 24.3 Å². The number of carbonyl (C=O) groups is 2. The van der Waals surface area contributed by atoms with Crippen LogP contribution in [-0.4, -0.2) is 46.6 Å². The summed E-state index contributed by atoms with van der Waals surface area (Å²) in [6.07, 6.45) is 2.43. The van der Waals surface area contributed by atoms with E-state index in [0.717, 1.165) is 5.56 Å². The van der Waals surface area contributed by atoms with E-state index in [0.29, 0.717) is 29.4 Å². The highest BCUT2D eigenvalue weighted by molar-refractivity contribution is 6.30. The molecule has 3 amide bonds. The Bertz CT molecular complexity index is 843. The van der Waals surface area contributed by atoms with E-state index in [1.54, 1.807) is 36.1 Å². The molecule has 0 spiro atoms. The lowest BCUT2D eigenvalue weighted by Gasteiger charge is -2.09. The van der Waals surface area contributed by atoms with Crippen molar-refractivity contribution in [3.05, 3.63) is 40.7 Å². The molecule has 0 bridgehead atoms. The number of rotatable bonds is 5. The summed E-state index contributed by atoms with van der Waals surface area (Å²) in [6.45, 7) is 2.76. The van der Waals surface area contributed by atoms with E-state index in [9.17, 15) is 9.59 Å². The largest absolute Gasteiger partial charge is 0.358 e. The maximum Gasteiger partial charge on any atom is 0.319 e. The molecule has 2 aromatic rings. The Morgan fingerprint density at radius 2 is 2.18 bits per heavy atom. The Balaban J connectivity index is 0.00000280. The van der Waals surface area contributed by atoms with Crippen LogP contribution in [0.2, 0.25) is 5.02 Å². The predicted octanol–water partition coefficient (Wildman–Crippen LogP) is 1.63. The number of halogens is 2. The third kappa shape index (κ3) is 5.34. The van der Waals surface area contributed by atoms with Gasteiger partial charge in [0.2, 0.25) is 5.91 Å². The molecule has 1 aromatic carbocycles. The number of anilines is 1. The van der Waals surface area contributed by atoms with Crippen molar-refractivity contribution < 1.29 is 9.59 Å². The summed E-state index contributed by atoms with van der Waals surface area (Å²) in [7, 11) is 1.62. The zero-order valence-electron chi connectivity index (χ0n) is 15.5. The van der Waals surface area contributed by atoms with E-state index in [2.05, 4.69) is 31.6 Å². The second-order valence-electron chi connectivity index (χ2n) is 6.42. The first-order valence-corrected chi connectivity index (χ1v) is 9.00. The zero-order valence-corrected chi connectivity index (χ0v) is 17.1. The maximum absolute atomic E-state index is 12.1. The first-order chi connectivity index (χ1) is 13.0. The minimum Gasteiger partial charge on any atom is -0.358 e. The van der Waals surface area contributed by atoms with Gasteiger partial charge in [0.05, 0.1) is 24.8 Å². The Labute approximate surface area is 174 Å². The van der Waals surface area contributed by atoms with Gasteiger partial charge in [-0.05, 0) is 37.1 Å². The van der Waals surface area contributed by atoms with Gasteiger partial charge in [0.25, 0.3) is 0 Å². The number of amides is 3. The molecule has 3 rings (SSSR count). The van der Waals surface area contributed by atoms with E-state index >= 15 is 0 Å². The molecule has 1 saturated heterocycles. The van der Waals surface area contributed by atoms with Crippen LogP contribution in [0.15, 0.2) is 24.4 Å². The van der Waals surface area contributed by atoms with Gasteiger partial charge in [0.15, 0.2) is 0 Å². The summed E-state index contributed by atoms with van der Waals surface area (Å²) in [6, 6.07) is 4.75. The van der Waals surface area contributed by atoms with Gasteiger partial charge in [-0.25, -0.2) is 9.48 Å². The Hall–Kier alpha value is -2.36. The van der Waals surface area contributed by atoms with Gasteiger partial charge in [-0.2, -0.15) is 0 Å². The highest BCUT2D eigenvalue weighted by Gasteiger charge is 2.30. The Morgan fingerprint density at radius 1 is 1.39 bits per heavy atom. The van der Waals surface area contributed by atoms with E-state index in [1.165, 1.54) is 0 Å². The smallest absolute Gasteiger partial charge is 0.319 e. The first-order valence-electron chi connectivity index (χ1n) is 8.63. The number of nitrogens with zero attached hydrogens (tertiary/aromatic N) is 3. The molecule has 0 unspecified atom stereocenters. The van der Waals surface area contributed by atoms with Crippen molar-refractivity contribution in [2.45, 2.75) is 32.0 Å². The molecule has 0 aliphatic carbocycles. The SMILES string of the molecule is CNC(=O)[C@@H]1C[C@H](n2cc(CNC(=O)Nc3ccc(Cl)cc3C)nn2)CN1.Cl. The van der Waals surface area contributed by atoms with Gasteiger partial charge >= 0.3 is 6.03 Å². The molecule has 1 aliphatic heterocycles. The van der Waals surface area contributed by atoms with Gasteiger partial charge < -0.3 is 21.3 Å². The summed E-state index contributed by atoms with van der Waals surface area (Å²) >= 11 is 5.91. The summed E-state index contributed by atoms with van der Waals surface area (Å²) < 4.78 is 1.73. The average molecular weight is 428 g/mol. The van der Waals surface area contributed by atoms with Gasteiger partial charge in [-0.3, -0.25) is 4.79 Å². The summed E-state index contributed by atoms with van der Waals surface area (Å²) in [4.78, 5) is 23.8. The van der Waals surface area contributed by atoms with Crippen LogP contribution in [0, 0.1) is 6.92 Å². The predicted molar refractivity (Wildman–Crippen MR) is 109 cm³/mol. The number of likely N-dealkylation sites (N-methyl/N-ethyl adjacent to an activating group) is 1. The lowest BCUT2D eigenvalue weighted by molar-refractivity contribution is -0.122. The molecular formula is C17H23Cl2N7O2. The Morgan fingerprint density at radius 3 is 2.89 bits per heavy atom. The summed E-state index contributed by atoms with van der Waals surface area (Å²) in [5.74, 6) is -0.0336. The third-order valence-electron chi connectivity index (χ3n) is 4.47. The molecule has 4 N–H and O–H groups in total. The molecule has 1 aromatic heterocycles. The normalized spacial score (nSPS) is 18.2. The van der Waals surface area contributed by atoms with Crippen LogP contribution in [0.25, 0.3) is 0 Å².